The minimum absolute atomic E-state index is 0.178. The fourth-order valence-corrected chi connectivity index (χ4v) is 3.03. The second-order valence-corrected chi connectivity index (χ2v) is 5.81. The highest BCUT2D eigenvalue weighted by atomic mass is 35.5. The van der Waals surface area contributed by atoms with Crippen LogP contribution in [0.25, 0.3) is 16.0 Å². The zero-order valence-electron chi connectivity index (χ0n) is 10.3. The minimum atomic E-state index is -0.178. The van der Waals surface area contributed by atoms with E-state index in [1.54, 1.807) is 31.3 Å². The molecule has 2 heterocycles. The molecule has 0 aliphatic heterocycles. The lowest BCUT2D eigenvalue weighted by Gasteiger charge is -2.08. The molecule has 0 saturated carbocycles. The van der Waals surface area contributed by atoms with Crippen molar-refractivity contribution in [3.8, 4) is 5.13 Å². The smallest absolute Gasteiger partial charge is 0.268 e. The van der Waals surface area contributed by atoms with Gasteiger partial charge >= 0.3 is 0 Å². The monoisotopic (exact) mass is 291 g/mol. The maximum atomic E-state index is 12.6. The highest BCUT2D eigenvalue weighted by Crippen LogP contribution is 2.21. The molecule has 0 saturated heterocycles. The summed E-state index contributed by atoms with van der Waals surface area (Å²) < 4.78 is 1.51. The molecule has 0 aliphatic rings. The third-order valence-corrected chi connectivity index (χ3v) is 4.03. The van der Waals surface area contributed by atoms with E-state index >= 15 is 0 Å². The van der Waals surface area contributed by atoms with E-state index in [1.165, 1.54) is 15.9 Å². The van der Waals surface area contributed by atoms with Crippen molar-refractivity contribution in [2.75, 3.05) is 0 Å². The number of benzene rings is 1. The molecule has 0 bridgehead atoms. The van der Waals surface area contributed by atoms with Crippen LogP contribution in [-0.2, 0) is 0 Å². The Morgan fingerprint density at radius 3 is 2.79 bits per heavy atom. The Labute approximate surface area is 118 Å². The van der Waals surface area contributed by atoms with Gasteiger partial charge in [-0.2, -0.15) is 0 Å². The zero-order valence-corrected chi connectivity index (χ0v) is 11.9. The molecule has 3 rings (SSSR count). The van der Waals surface area contributed by atoms with Gasteiger partial charge < -0.3 is 0 Å². The van der Waals surface area contributed by atoms with Crippen molar-refractivity contribution >= 4 is 33.8 Å². The molecule has 0 unspecified atom stereocenters. The summed E-state index contributed by atoms with van der Waals surface area (Å²) >= 11 is 7.56. The molecule has 4 nitrogen and oxygen atoms in total. The van der Waals surface area contributed by atoms with E-state index in [-0.39, 0.29) is 5.56 Å². The molecule has 0 fully saturated rings. The van der Waals surface area contributed by atoms with Crippen molar-refractivity contribution in [1.82, 2.24) is 14.5 Å². The Kier molecular flexibility index (Phi) is 2.88. The van der Waals surface area contributed by atoms with Crippen LogP contribution >= 0.6 is 22.9 Å². The largest absolute Gasteiger partial charge is 0.269 e. The lowest BCUT2D eigenvalue weighted by Crippen LogP contribution is -2.22. The Morgan fingerprint density at radius 1 is 1.32 bits per heavy atom. The van der Waals surface area contributed by atoms with E-state index in [1.807, 2.05) is 6.92 Å². The lowest BCUT2D eigenvalue weighted by molar-refractivity contribution is 0.885. The molecule has 6 heteroatoms. The fraction of sp³-hybridized carbons (Fsp3) is 0.154. The van der Waals surface area contributed by atoms with Gasteiger partial charge in [0, 0.05) is 11.1 Å². The molecule has 2 aromatic heterocycles. The molecule has 0 radical (unpaired) electrons. The molecule has 3 aromatic rings. The Hall–Kier alpha value is -1.72. The van der Waals surface area contributed by atoms with Crippen molar-refractivity contribution < 1.29 is 0 Å². The summed E-state index contributed by atoms with van der Waals surface area (Å²) in [5.74, 6) is 0.606. The van der Waals surface area contributed by atoms with Crippen LogP contribution in [-0.4, -0.2) is 14.5 Å². The van der Waals surface area contributed by atoms with Gasteiger partial charge in [0.15, 0.2) is 5.13 Å². The predicted molar refractivity (Wildman–Crippen MR) is 77.5 cm³/mol. The number of hydrogen-bond donors (Lipinski definition) is 0. The van der Waals surface area contributed by atoms with Gasteiger partial charge in [-0.3, -0.25) is 4.79 Å². The first kappa shape index (κ1) is 12.3. The van der Waals surface area contributed by atoms with Crippen molar-refractivity contribution in [3.05, 3.63) is 50.5 Å². The predicted octanol–water partition coefficient (Wildman–Crippen LogP) is 3.11. The first-order chi connectivity index (χ1) is 9.08. The fourth-order valence-electron chi connectivity index (χ4n) is 1.97. The van der Waals surface area contributed by atoms with E-state index in [9.17, 15) is 4.79 Å². The van der Waals surface area contributed by atoms with Gasteiger partial charge in [-0.1, -0.05) is 17.7 Å². The molecule has 0 amide bonds. The van der Waals surface area contributed by atoms with E-state index in [2.05, 4.69) is 9.97 Å². The number of hydrogen-bond acceptors (Lipinski definition) is 4. The quantitative estimate of drug-likeness (QED) is 0.692. The van der Waals surface area contributed by atoms with Crippen molar-refractivity contribution in [2.24, 2.45) is 0 Å². The van der Waals surface area contributed by atoms with Crippen LogP contribution in [0.2, 0.25) is 5.02 Å². The molecule has 0 spiro atoms. The van der Waals surface area contributed by atoms with Crippen molar-refractivity contribution in [3.63, 3.8) is 0 Å². The second-order valence-electron chi connectivity index (χ2n) is 4.19. The summed E-state index contributed by atoms with van der Waals surface area (Å²) in [7, 11) is 0. The first-order valence-corrected chi connectivity index (χ1v) is 6.88. The van der Waals surface area contributed by atoms with Gasteiger partial charge in [-0.05, 0) is 26.0 Å². The van der Waals surface area contributed by atoms with Crippen LogP contribution in [0.1, 0.15) is 10.7 Å². The van der Waals surface area contributed by atoms with Crippen LogP contribution in [0.15, 0.2) is 29.2 Å². The minimum Gasteiger partial charge on any atom is -0.268 e. The van der Waals surface area contributed by atoms with Crippen LogP contribution in [0.5, 0.6) is 0 Å². The highest BCUT2D eigenvalue weighted by Gasteiger charge is 2.14. The Balaban J connectivity index is 2.44. The number of aromatic nitrogens is 3. The number of aryl methyl sites for hydroxylation is 2. The average molecular weight is 292 g/mol. The topological polar surface area (TPSA) is 47.8 Å². The second kappa shape index (κ2) is 4.43. The van der Waals surface area contributed by atoms with Crippen LogP contribution < -0.4 is 5.56 Å². The SMILES string of the molecule is Cc1cnc(-n2c(C)nc3cccc(Cl)c3c2=O)s1. The molecule has 0 N–H and O–H groups in total. The summed E-state index contributed by atoms with van der Waals surface area (Å²) in [6, 6.07) is 5.27. The molecule has 96 valence electrons. The first-order valence-electron chi connectivity index (χ1n) is 5.68. The Morgan fingerprint density at radius 2 is 2.11 bits per heavy atom. The third kappa shape index (κ3) is 1.95. The van der Waals surface area contributed by atoms with Gasteiger partial charge in [0.25, 0.3) is 5.56 Å². The molecule has 0 aliphatic carbocycles. The van der Waals surface area contributed by atoms with Crippen LogP contribution in [0, 0.1) is 13.8 Å². The number of halogens is 1. The van der Waals surface area contributed by atoms with Gasteiger partial charge in [0.2, 0.25) is 0 Å². The maximum absolute atomic E-state index is 12.6. The number of nitrogens with zero attached hydrogens (tertiary/aromatic N) is 3. The standard InChI is InChI=1S/C13H10ClN3OS/c1-7-6-15-13(19-7)17-8(2)16-10-5-3-4-9(14)11(10)12(17)18/h3-6H,1-2H3. The Bertz CT molecular complexity index is 838. The molecule has 0 atom stereocenters. The molecular weight excluding hydrogens is 282 g/mol. The molecule has 19 heavy (non-hydrogen) atoms. The number of thiazole rings is 1. The van der Waals surface area contributed by atoms with E-state index < -0.39 is 0 Å². The van der Waals surface area contributed by atoms with Gasteiger partial charge in [-0.15, -0.1) is 11.3 Å². The summed E-state index contributed by atoms with van der Waals surface area (Å²) in [4.78, 5) is 22.3. The van der Waals surface area contributed by atoms with E-state index in [4.69, 9.17) is 11.6 Å². The molecule has 1 aromatic carbocycles. The molecular formula is C13H10ClN3OS. The van der Waals surface area contributed by atoms with E-state index in [0.717, 1.165) is 4.88 Å². The van der Waals surface area contributed by atoms with E-state index in [0.29, 0.717) is 26.9 Å². The van der Waals surface area contributed by atoms with Crippen LogP contribution in [0.4, 0.5) is 0 Å². The van der Waals surface area contributed by atoms with Crippen molar-refractivity contribution in [2.45, 2.75) is 13.8 Å². The summed E-state index contributed by atoms with van der Waals surface area (Å²) in [5.41, 5.74) is 0.432. The highest BCUT2D eigenvalue weighted by molar-refractivity contribution is 7.14. The van der Waals surface area contributed by atoms with Crippen LogP contribution in [0.3, 0.4) is 0 Å². The average Bonchev–Trinajstić information content (AvgIpc) is 2.75. The lowest BCUT2D eigenvalue weighted by atomic mass is 10.2. The van der Waals surface area contributed by atoms with Gasteiger partial charge in [0.1, 0.15) is 5.82 Å². The summed E-state index contributed by atoms with van der Waals surface area (Å²) in [6.45, 7) is 3.74. The van der Waals surface area contributed by atoms with Crippen molar-refractivity contribution in [1.29, 1.82) is 0 Å². The zero-order chi connectivity index (χ0) is 13.6. The third-order valence-electron chi connectivity index (χ3n) is 2.81. The summed E-state index contributed by atoms with van der Waals surface area (Å²) in [6.07, 6.45) is 1.74. The van der Waals surface area contributed by atoms with Gasteiger partial charge in [-0.25, -0.2) is 14.5 Å². The maximum Gasteiger partial charge on any atom is 0.269 e. The summed E-state index contributed by atoms with van der Waals surface area (Å²) in [5, 5.41) is 1.47. The van der Waals surface area contributed by atoms with Gasteiger partial charge in [0.05, 0.1) is 15.9 Å². The number of fused-ring (bicyclic) bond motifs is 1. The number of rotatable bonds is 1. The normalized spacial score (nSPS) is 11.1.